The van der Waals surface area contributed by atoms with Gasteiger partial charge in [-0.25, -0.2) is 5.43 Å². The maximum Gasteiger partial charge on any atom is 0.324 e. The molecule has 0 saturated carbocycles. The van der Waals surface area contributed by atoms with Crippen molar-refractivity contribution in [1.82, 2.24) is 15.8 Å². The number of hydrogen-bond acceptors (Lipinski definition) is 6. The van der Waals surface area contributed by atoms with Crippen LogP contribution in [0.25, 0.3) is 10.8 Å². The first kappa shape index (κ1) is 20.0. The zero-order chi connectivity index (χ0) is 20.2. The summed E-state index contributed by atoms with van der Waals surface area (Å²) in [6.45, 7) is 5.42. The number of hydrogen-bond donors (Lipinski definition) is 2. The summed E-state index contributed by atoms with van der Waals surface area (Å²) in [5.41, 5.74) is 6.95. The Labute approximate surface area is 171 Å². The highest BCUT2D eigenvalue weighted by molar-refractivity contribution is 6.09. The molecule has 4 rings (SSSR count). The molecule has 0 amide bonds. The van der Waals surface area contributed by atoms with Crippen LogP contribution in [0.15, 0.2) is 42.5 Å². The summed E-state index contributed by atoms with van der Waals surface area (Å²) in [4.78, 5) is 27.8. The lowest BCUT2D eigenvalue weighted by atomic mass is 9.87. The summed E-state index contributed by atoms with van der Waals surface area (Å²) < 4.78 is 5.19. The minimum atomic E-state index is -0.330. The predicted molar refractivity (Wildman–Crippen MR) is 112 cm³/mol. The van der Waals surface area contributed by atoms with E-state index in [1.807, 2.05) is 37.3 Å². The fourth-order valence-electron chi connectivity index (χ4n) is 4.62. The van der Waals surface area contributed by atoms with E-state index in [2.05, 4.69) is 27.9 Å². The summed E-state index contributed by atoms with van der Waals surface area (Å²) in [5, 5.41) is 2.13. The van der Waals surface area contributed by atoms with Gasteiger partial charge in [-0.15, -0.1) is 0 Å². The van der Waals surface area contributed by atoms with Gasteiger partial charge in [-0.1, -0.05) is 42.5 Å². The van der Waals surface area contributed by atoms with Crippen LogP contribution in [0.2, 0.25) is 0 Å². The van der Waals surface area contributed by atoms with Crippen LogP contribution >= 0.6 is 0 Å². The second kappa shape index (κ2) is 9.03. The zero-order valence-electron chi connectivity index (χ0n) is 16.9. The van der Waals surface area contributed by atoms with Crippen molar-refractivity contribution in [3.63, 3.8) is 0 Å². The van der Waals surface area contributed by atoms with Crippen molar-refractivity contribution in [1.29, 1.82) is 0 Å². The Balaban J connectivity index is 1.44. The first-order valence-electron chi connectivity index (χ1n) is 10.6. The van der Waals surface area contributed by atoms with Gasteiger partial charge in [-0.2, -0.15) is 0 Å². The summed E-state index contributed by atoms with van der Waals surface area (Å²) in [5.74, 6) is 0.164. The predicted octanol–water partition coefficient (Wildman–Crippen LogP) is 2.39. The number of fused-ring (bicyclic) bond motifs is 1. The van der Waals surface area contributed by atoms with Gasteiger partial charge in [0.2, 0.25) is 0 Å². The number of rotatable bonds is 6. The first-order valence-corrected chi connectivity index (χ1v) is 10.6. The maximum absolute atomic E-state index is 13.3. The number of carbonyl (C=O) groups excluding carboxylic acids is 2. The number of esters is 1. The molecule has 6 heteroatoms. The molecule has 2 aromatic carbocycles. The number of nitrogens with one attached hydrogen (secondary N) is 2. The van der Waals surface area contributed by atoms with Gasteiger partial charge >= 0.3 is 5.97 Å². The zero-order valence-corrected chi connectivity index (χ0v) is 16.9. The molecule has 2 heterocycles. The molecule has 3 atom stereocenters. The topological polar surface area (TPSA) is 70.7 Å². The Morgan fingerprint density at radius 3 is 2.86 bits per heavy atom. The number of likely N-dealkylation sites (tertiary alicyclic amines) is 1. The highest BCUT2D eigenvalue weighted by atomic mass is 16.5. The average Bonchev–Trinajstić information content (AvgIpc) is 3.21. The summed E-state index contributed by atoms with van der Waals surface area (Å²) in [6, 6.07) is 13.7. The molecule has 2 aliphatic heterocycles. The normalized spacial score (nSPS) is 25.2. The third kappa shape index (κ3) is 4.34. The largest absolute Gasteiger partial charge is 0.465 e. The van der Waals surface area contributed by atoms with Crippen molar-refractivity contribution >= 4 is 22.5 Å². The molecular formula is C23H29N3O3. The van der Waals surface area contributed by atoms with E-state index in [1.165, 1.54) is 0 Å². The number of ether oxygens (including phenoxy) is 1. The van der Waals surface area contributed by atoms with Gasteiger partial charge in [0, 0.05) is 37.0 Å². The molecule has 0 radical (unpaired) electrons. The van der Waals surface area contributed by atoms with Crippen LogP contribution in [-0.4, -0.2) is 55.5 Å². The first-order chi connectivity index (χ1) is 14.2. The van der Waals surface area contributed by atoms with Crippen LogP contribution in [-0.2, 0) is 9.53 Å². The molecule has 2 fully saturated rings. The molecule has 6 nitrogen and oxygen atoms in total. The third-order valence-corrected chi connectivity index (χ3v) is 6.06. The second-order valence-electron chi connectivity index (χ2n) is 8.00. The minimum absolute atomic E-state index is 0.00193. The number of hydrazine groups is 1. The lowest BCUT2D eigenvalue weighted by Gasteiger charge is -2.34. The second-order valence-corrected chi connectivity index (χ2v) is 8.00. The monoisotopic (exact) mass is 395 g/mol. The smallest absolute Gasteiger partial charge is 0.324 e. The third-order valence-electron chi connectivity index (χ3n) is 6.06. The van der Waals surface area contributed by atoms with E-state index in [1.54, 1.807) is 0 Å². The van der Waals surface area contributed by atoms with Crippen LogP contribution in [0.1, 0.15) is 30.1 Å². The lowest BCUT2D eigenvalue weighted by molar-refractivity contribution is -0.146. The molecule has 2 N–H and O–H groups in total. The molecule has 2 saturated heterocycles. The fourth-order valence-corrected chi connectivity index (χ4v) is 4.62. The van der Waals surface area contributed by atoms with Crippen molar-refractivity contribution in [2.45, 2.75) is 25.8 Å². The van der Waals surface area contributed by atoms with Crippen molar-refractivity contribution in [2.24, 2.45) is 11.8 Å². The van der Waals surface area contributed by atoms with Gasteiger partial charge < -0.3 is 9.64 Å². The van der Waals surface area contributed by atoms with Gasteiger partial charge in [-0.3, -0.25) is 15.0 Å². The van der Waals surface area contributed by atoms with Crippen molar-refractivity contribution < 1.29 is 14.3 Å². The molecule has 2 aliphatic rings. The number of ketones is 1. The van der Waals surface area contributed by atoms with E-state index >= 15 is 0 Å². The maximum atomic E-state index is 13.3. The summed E-state index contributed by atoms with van der Waals surface area (Å²) in [7, 11) is 0. The van der Waals surface area contributed by atoms with Crippen LogP contribution in [0, 0.1) is 11.8 Å². The molecule has 2 aromatic rings. The number of nitrogens with zero attached hydrogens (tertiary/aromatic N) is 1. The van der Waals surface area contributed by atoms with Gasteiger partial charge in [0.15, 0.2) is 5.78 Å². The number of benzene rings is 2. The van der Waals surface area contributed by atoms with E-state index in [0.29, 0.717) is 6.61 Å². The van der Waals surface area contributed by atoms with Gasteiger partial charge in [0.25, 0.3) is 0 Å². The van der Waals surface area contributed by atoms with E-state index in [4.69, 9.17) is 4.74 Å². The standard InChI is InChI=1S/C23H29N3O3/c1-2-29-23(28)21-18(13-24-25-21)15-26-12-6-9-17(14-26)22(27)20-11-5-8-16-7-3-4-10-19(16)20/h3-5,7-8,10-11,17-18,21,24-25H,2,6,9,12-15H2,1H3. The molecule has 0 aromatic heterocycles. The lowest BCUT2D eigenvalue weighted by Crippen LogP contribution is -2.46. The molecule has 0 aliphatic carbocycles. The van der Waals surface area contributed by atoms with E-state index in [0.717, 1.165) is 55.4 Å². The molecule has 29 heavy (non-hydrogen) atoms. The molecule has 3 unspecified atom stereocenters. The quantitative estimate of drug-likeness (QED) is 0.578. The molecule has 0 spiro atoms. The van der Waals surface area contributed by atoms with Crippen LogP contribution < -0.4 is 10.9 Å². The Morgan fingerprint density at radius 1 is 1.17 bits per heavy atom. The van der Waals surface area contributed by atoms with Crippen molar-refractivity contribution in [2.75, 3.05) is 32.8 Å². The van der Waals surface area contributed by atoms with Crippen LogP contribution in [0.4, 0.5) is 0 Å². The van der Waals surface area contributed by atoms with Gasteiger partial charge in [0.1, 0.15) is 6.04 Å². The Hall–Kier alpha value is -2.28. The Morgan fingerprint density at radius 2 is 2.00 bits per heavy atom. The van der Waals surface area contributed by atoms with Crippen molar-refractivity contribution in [3.8, 4) is 0 Å². The highest BCUT2D eigenvalue weighted by Gasteiger charge is 2.36. The van der Waals surface area contributed by atoms with Gasteiger partial charge in [0.05, 0.1) is 6.61 Å². The Bertz CT molecular complexity index is 879. The van der Waals surface area contributed by atoms with Crippen LogP contribution in [0.3, 0.4) is 0 Å². The van der Waals surface area contributed by atoms with Crippen LogP contribution in [0.5, 0.6) is 0 Å². The summed E-state index contributed by atoms with van der Waals surface area (Å²) in [6.07, 6.45) is 1.92. The Kier molecular flexibility index (Phi) is 6.23. The minimum Gasteiger partial charge on any atom is -0.465 e. The van der Waals surface area contributed by atoms with Gasteiger partial charge in [-0.05, 0) is 37.1 Å². The molecule has 0 bridgehead atoms. The number of Topliss-reactive ketones (excluding diaryl/α,β-unsaturated/α-hetero) is 1. The molecule has 154 valence electrons. The molecular weight excluding hydrogens is 366 g/mol. The SMILES string of the molecule is CCOC(=O)C1NNCC1CN1CCCC(C(=O)c2cccc3ccccc23)C1. The summed E-state index contributed by atoms with van der Waals surface area (Å²) >= 11 is 0. The van der Waals surface area contributed by atoms with E-state index < -0.39 is 0 Å². The van der Waals surface area contributed by atoms with E-state index in [9.17, 15) is 9.59 Å². The fraction of sp³-hybridized carbons (Fsp3) is 0.478. The van der Waals surface area contributed by atoms with E-state index in [-0.39, 0.29) is 29.6 Å². The highest BCUT2D eigenvalue weighted by Crippen LogP contribution is 2.26. The van der Waals surface area contributed by atoms with Crippen molar-refractivity contribution in [3.05, 3.63) is 48.0 Å². The number of carbonyl (C=O) groups is 2. The number of piperidine rings is 1. The average molecular weight is 396 g/mol.